The third kappa shape index (κ3) is 5.58. The number of aryl methyl sites for hydroxylation is 1. The van der Waals surface area contributed by atoms with Crippen LogP contribution in [0.3, 0.4) is 0 Å². The molecule has 0 radical (unpaired) electrons. The van der Waals surface area contributed by atoms with Gasteiger partial charge in [-0.2, -0.15) is 13.2 Å². The zero-order valence-corrected chi connectivity index (χ0v) is 23.9. The van der Waals surface area contributed by atoms with Crippen LogP contribution in [0.4, 0.5) is 13.2 Å². The number of nitrogens with one attached hydrogen (secondary N) is 1. The first kappa shape index (κ1) is 29.4. The zero-order valence-electron chi connectivity index (χ0n) is 22.4. The van der Waals surface area contributed by atoms with E-state index in [0.717, 1.165) is 28.7 Å². The third-order valence-electron chi connectivity index (χ3n) is 7.46. The Morgan fingerprint density at radius 2 is 1.80 bits per heavy atom. The Labute approximate surface area is 245 Å². The number of nitrogens with zero attached hydrogens (tertiary/aromatic N) is 1. The van der Waals surface area contributed by atoms with Crippen molar-refractivity contribution in [1.29, 1.82) is 0 Å². The van der Waals surface area contributed by atoms with E-state index in [1.54, 1.807) is 25.1 Å². The molecule has 2 N–H and O–H groups in total. The first-order valence-corrected chi connectivity index (χ1v) is 13.6. The minimum absolute atomic E-state index is 0.0473. The maximum Gasteiger partial charge on any atom is 0.492 e. The van der Waals surface area contributed by atoms with Gasteiger partial charge in [-0.1, -0.05) is 52.6 Å². The third-order valence-corrected chi connectivity index (χ3v) is 7.89. The molecule has 3 aromatic rings. The predicted molar refractivity (Wildman–Crippen MR) is 152 cm³/mol. The minimum atomic E-state index is -4.80. The summed E-state index contributed by atoms with van der Waals surface area (Å²) in [5.41, 5.74) is 0.461. The van der Waals surface area contributed by atoms with E-state index in [9.17, 15) is 23.0 Å². The van der Waals surface area contributed by atoms with E-state index in [1.165, 1.54) is 6.07 Å². The average molecular weight is 605 g/mol. The van der Waals surface area contributed by atoms with E-state index in [4.69, 9.17) is 32.7 Å². The van der Waals surface area contributed by atoms with Gasteiger partial charge in [0.1, 0.15) is 0 Å². The van der Waals surface area contributed by atoms with E-state index in [2.05, 4.69) is 10.5 Å². The Balaban J connectivity index is 1.26. The lowest BCUT2D eigenvalue weighted by Crippen LogP contribution is -2.42. The Bertz CT molecular complexity index is 1540. The molecule has 2 heterocycles. The number of halogens is 5. The van der Waals surface area contributed by atoms with Gasteiger partial charge in [-0.25, -0.2) is 0 Å². The standard InChI is InChI=1S/C29H26BCl2F3N2O4/c1-16-10-18(25-15-28(41-37-25,29(33,34)35)19-12-20(31)14-21(32)13-19)5-6-22(16)26(38)36-9-8-17-4-7-23-24(11-17)30(39)40-27(23,2)3/h4-7,10-14,39H,8-9,15H2,1-3H3,(H,36,38). The smallest absolute Gasteiger partial charge is 0.423 e. The number of carbonyl (C=O) groups is 1. The van der Waals surface area contributed by atoms with E-state index in [1.807, 2.05) is 32.0 Å². The van der Waals surface area contributed by atoms with Crippen LogP contribution < -0.4 is 10.8 Å². The van der Waals surface area contributed by atoms with Crippen LogP contribution in [0.1, 0.15) is 58.4 Å². The summed E-state index contributed by atoms with van der Waals surface area (Å²) in [6, 6.07) is 14.1. The lowest BCUT2D eigenvalue weighted by atomic mass is 9.77. The first-order valence-electron chi connectivity index (χ1n) is 12.9. The fourth-order valence-electron chi connectivity index (χ4n) is 5.29. The Morgan fingerprint density at radius 3 is 2.46 bits per heavy atom. The molecule has 0 aliphatic carbocycles. The van der Waals surface area contributed by atoms with Gasteiger partial charge in [0.2, 0.25) is 0 Å². The molecule has 6 nitrogen and oxygen atoms in total. The highest BCUT2D eigenvalue weighted by Crippen LogP contribution is 2.49. The molecule has 0 bridgehead atoms. The van der Waals surface area contributed by atoms with Gasteiger partial charge in [0.05, 0.1) is 11.3 Å². The highest BCUT2D eigenvalue weighted by Gasteiger charge is 2.62. The summed E-state index contributed by atoms with van der Waals surface area (Å²) in [6.07, 6.45) is -4.86. The number of hydrogen-bond donors (Lipinski definition) is 2. The molecule has 0 spiro atoms. The summed E-state index contributed by atoms with van der Waals surface area (Å²) >= 11 is 11.9. The summed E-state index contributed by atoms with van der Waals surface area (Å²) in [5, 5.41) is 17.0. The van der Waals surface area contributed by atoms with Gasteiger partial charge in [-0.3, -0.25) is 4.79 Å². The maximum absolute atomic E-state index is 14.3. The molecule has 0 aromatic heterocycles. The predicted octanol–water partition coefficient (Wildman–Crippen LogP) is 5.81. The fraction of sp³-hybridized carbons (Fsp3) is 0.310. The molecule has 0 fully saturated rings. The lowest BCUT2D eigenvalue weighted by Gasteiger charge is -2.29. The summed E-state index contributed by atoms with van der Waals surface area (Å²) in [7, 11) is -0.991. The second kappa shape index (κ2) is 10.7. The van der Waals surface area contributed by atoms with Crippen molar-refractivity contribution in [3.05, 3.63) is 98.0 Å². The molecule has 1 amide bonds. The Morgan fingerprint density at radius 1 is 1.10 bits per heavy atom. The number of hydrogen-bond acceptors (Lipinski definition) is 5. The fourth-order valence-corrected chi connectivity index (χ4v) is 5.81. The van der Waals surface area contributed by atoms with E-state index in [-0.39, 0.29) is 27.2 Å². The second-order valence-corrected chi connectivity index (χ2v) is 11.6. The number of carbonyl (C=O) groups excluding carboxylic acids is 1. The van der Waals surface area contributed by atoms with Crippen LogP contribution in [0, 0.1) is 6.92 Å². The van der Waals surface area contributed by atoms with Gasteiger partial charge in [-0.05, 0) is 85.2 Å². The molecule has 2 aliphatic heterocycles. The number of rotatable bonds is 6. The highest BCUT2D eigenvalue weighted by molar-refractivity contribution is 6.62. The van der Waals surface area contributed by atoms with Gasteiger partial charge in [-0.15, -0.1) is 0 Å². The first-order chi connectivity index (χ1) is 19.2. The second-order valence-electron chi connectivity index (χ2n) is 10.7. The summed E-state index contributed by atoms with van der Waals surface area (Å²) in [6.45, 7) is 5.83. The molecule has 1 atom stereocenters. The highest BCUT2D eigenvalue weighted by atomic mass is 35.5. The van der Waals surface area contributed by atoms with E-state index >= 15 is 0 Å². The summed E-state index contributed by atoms with van der Waals surface area (Å²) in [4.78, 5) is 18.0. The van der Waals surface area contributed by atoms with Gasteiger partial charge in [0.15, 0.2) is 0 Å². The quantitative estimate of drug-likeness (QED) is 0.348. The number of amides is 1. The number of oxime groups is 1. The van der Waals surface area contributed by atoms with E-state index < -0.39 is 30.9 Å². The molecule has 5 rings (SSSR count). The van der Waals surface area contributed by atoms with Crippen molar-refractivity contribution < 1.29 is 32.5 Å². The Kier molecular flexibility index (Phi) is 7.65. The van der Waals surface area contributed by atoms with Gasteiger partial charge in [0.25, 0.3) is 11.5 Å². The number of alkyl halides is 3. The zero-order chi connectivity index (χ0) is 29.7. The molecule has 214 valence electrons. The van der Waals surface area contributed by atoms with Crippen LogP contribution in [-0.4, -0.2) is 36.5 Å². The van der Waals surface area contributed by atoms with Crippen LogP contribution in [0.5, 0.6) is 0 Å². The number of benzene rings is 3. The van der Waals surface area contributed by atoms with Crippen LogP contribution >= 0.6 is 23.2 Å². The molecule has 12 heteroatoms. The monoisotopic (exact) mass is 604 g/mol. The molecule has 1 unspecified atom stereocenters. The molecular formula is C29H26BCl2F3N2O4. The molecule has 3 aromatic carbocycles. The average Bonchev–Trinajstić information content (AvgIpc) is 3.43. The van der Waals surface area contributed by atoms with Crippen LogP contribution in [0.15, 0.2) is 59.8 Å². The summed E-state index contributed by atoms with van der Waals surface area (Å²) in [5.74, 6) is -0.317. The van der Waals surface area contributed by atoms with Crippen LogP contribution in [0.25, 0.3) is 0 Å². The van der Waals surface area contributed by atoms with Gasteiger partial charge >= 0.3 is 13.3 Å². The van der Waals surface area contributed by atoms with E-state index in [0.29, 0.717) is 29.7 Å². The van der Waals surface area contributed by atoms with Crippen molar-refractivity contribution in [3.63, 3.8) is 0 Å². The topological polar surface area (TPSA) is 80.2 Å². The largest absolute Gasteiger partial charge is 0.492 e. The number of fused-ring (bicyclic) bond motifs is 1. The lowest BCUT2D eigenvalue weighted by molar-refractivity contribution is -0.275. The van der Waals surface area contributed by atoms with Crippen molar-refractivity contribution in [2.75, 3.05) is 6.54 Å². The molecule has 0 saturated carbocycles. The van der Waals surface area contributed by atoms with Crippen molar-refractivity contribution in [2.24, 2.45) is 5.16 Å². The molecular weight excluding hydrogens is 579 g/mol. The normalized spacial score (nSPS) is 19.5. The van der Waals surface area contributed by atoms with Crippen molar-refractivity contribution in [3.8, 4) is 0 Å². The van der Waals surface area contributed by atoms with Gasteiger partial charge < -0.3 is 19.8 Å². The SMILES string of the molecule is Cc1cc(C2=NOC(c3cc(Cl)cc(Cl)c3)(C(F)(F)F)C2)ccc1C(=O)NCCc1ccc2c(c1)B(O)OC2(C)C. The van der Waals surface area contributed by atoms with Crippen molar-refractivity contribution >= 4 is 47.4 Å². The van der Waals surface area contributed by atoms with Crippen molar-refractivity contribution in [1.82, 2.24) is 5.32 Å². The van der Waals surface area contributed by atoms with Crippen LogP contribution in [-0.2, 0) is 27.1 Å². The molecule has 0 saturated heterocycles. The molecule has 2 aliphatic rings. The Hall–Kier alpha value is -3.05. The maximum atomic E-state index is 14.3. The van der Waals surface area contributed by atoms with Crippen LogP contribution in [0.2, 0.25) is 10.0 Å². The summed E-state index contributed by atoms with van der Waals surface area (Å²) < 4.78 is 48.5. The minimum Gasteiger partial charge on any atom is -0.423 e. The van der Waals surface area contributed by atoms with Crippen molar-refractivity contribution in [2.45, 2.75) is 51.0 Å². The molecule has 41 heavy (non-hydrogen) atoms. The van der Waals surface area contributed by atoms with Gasteiger partial charge in [0, 0.05) is 34.1 Å².